The van der Waals surface area contributed by atoms with Gasteiger partial charge in [0, 0.05) is 17.7 Å². The van der Waals surface area contributed by atoms with E-state index in [1.807, 2.05) is 0 Å². The molecule has 22 heavy (non-hydrogen) atoms. The Kier molecular flexibility index (Phi) is 4.50. The Labute approximate surface area is 127 Å². The number of hydrogen-bond donors (Lipinski definition) is 3. The molecule has 0 saturated heterocycles. The smallest absolute Gasteiger partial charge is 0.354 e. The highest BCUT2D eigenvalue weighted by molar-refractivity contribution is 7.57. The molecule has 2 aliphatic carbocycles. The normalized spacial score (nSPS) is 35.4. The van der Waals surface area contributed by atoms with Crippen molar-refractivity contribution < 1.29 is 33.4 Å². The summed E-state index contributed by atoms with van der Waals surface area (Å²) in [5, 5.41) is 18.5. The van der Waals surface area contributed by atoms with Gasteiger partial charge in [-0.15, -0.1) is 0 Å². The highest BCUT2D eigenvalue weighted by atomic mass is 31.2. The molecule has 9 heteroatoms. The van der Waals surface area contributed by atoms with Crippen molar-refractivity contribution in [1.29, 1.82) is 0 Å². The maximum absolute atomic E-state index is 12.5. The molecule has 4 atom stereocenters. The van der Waals surface area contributed by atoms with Gasteiger partial charge in [0.2, 0.25) is 0 Å². The van der Waals surface area contributed by atoms with Crippen molar-refractivity contribution in [3.05, 3.63) is 11.4 Å². The van der Waals surface area contributed by atoms with E-state index in [1.54, 1.807) is 13.8 Å². The van der Waals surface area contributed by atoms with Crippen LogP contribution in [0, 0.1) is 17.8 Å². The van der Waals surface area contributed by atoms with Gasteiger partial charge in [-0.05, 0) is 20.3 Å². The molecule has 0 aromatic carbocycles. The van der Waals surface area contributed by atoms with Crippen LogP contribution in [-0.2, 0) is 23.2 Å². The van der Waals surface area contributed by atoms with Gasteiger partial charge in [0.1, 0.15) is 5.54 Å². The summed E-state index contributed by atoms with van der Waals surface area (Å²) in [6.45, 7) is 3.63. The fourth-order valence-electron chi connectivity index (χ4n) is 3.32. The Morgan fingerprint density at radius 3 is 2.32 bits per heavy atom. The van der Waals surface area contributed by atoms with Crippen LogP contribution in [0.3, 0.4) is 0 Å². The fourth-order valence-corrected chi connectivity index (χ4v) is 4.93. The van der Waals surface area contributed by atoms with Gasteiger partial charge in [-0.25, -0.2) is 0 Å². The molecule has 0 aromatic rings. The van der Waals surface area contributed by atoms with Gasteiger partial charge in [-0.2, -0.15) is 0 Å². The number of aliphatic carboxylic acids is 2. The molecule has 0 radical (unpaired) electrons. The summed E-state index contributed by atoms with van der Waals surface area (Å²) in [6.07, 6.45) is -0.0500. The molecular formula is C13H20NO7P. The van der Waals surface area contributed by atoms with E-state index >= 15 is 0 Å². The minimum Gasteiger partial charge on any atom is -0.481 e. The van der Waals surface area contributed by atoms with E-state index < -0.39 is 42.8 Å². The molecular weight excluding hydrogens is 313 g/mol. The average Bonchev–Trinajstić information content (AvgIpc) is 3.07. The highest BCUT2D eigenvalue weighted by Gasteiger charge is 2.72. The van der Waals surface area contributed by atoms with E-state index in [-0.39, 0.29) is 19.6 Å². The number of nitrogens with two attached hydrogens (primary N) is 1. The van der Waals surface area contributed by atoms with Crippen LogP contribution >= 0.6 is 7.60 Å². The molecule has 0 spiro atoms. The molecule has 4 N–H and O–H groups in total. The molecule has 8 nitrogen and oxygen atoms in total. The summed E-state index contributed by atoms with van der Waals surface area (Å²) in [5.74, 6) is -3.16. The van der Waals surface area contributed by atoms with Crippen LogP contribution in [0.4, 0.5) is 0 Å². The maximum atomic E-state index is 12.5. The lowest BCUT2D eigenvalue weighted by Gasteiger charge is -2.22. The topological polar surface area (TPSA) is 136 Å². The van der Waals surface area contributed by atoms with Gasteiger partial charge in [-0.1, -0.05) is 5.57 Å². The number of rotatable bonds is 7. The fraction of sp³-hybridized carbons (Fsp3) is 0.692. The third-order valence-electron chi connectivity index (χ3n) is 4.16. The van der Waals surface area contributed by atoms with E-state index in [0.29, 0.717) is 5.57 Å². The van der Waals surface area contributed by atoms with Crippen LogP contribution in [0.15, 0.2) is 11.4 Å². The number of carboxylic acids is 2. The number of carbonyl (C=O) groups is 2. The quantitative estimate of drug-likeness (QED) is 0.592. The summed E-state index contributed by atoms with van der Waals surface area (Å²) in [7, 11) is -3.53. The lowest BCUT2D eigenvalue weighted by Crippen LogP contribution is -2.49. The van der Waals surface area contributed by atoms with Gasteiger partial charge < -0.3 is 25.0 Å². The summed E-state index contributed by atoms with van der Waals surface area (Å²) in [6, 6.07) is 0. The zero-order chi connectivity index (χ0) is 16.7. The summed E-state index contributed by atoms with van der Waals surface area (Å²) in [4.78, 5) is 22.7. The predicted molar refractivity (Wildman–Crippen MR) is 76.2 cm³/mol. The van der Waals surface area contributed by atoms with Crippen molar-refractivity contribution in [2.24, 2.45) is 23.5 Å². The molecule has 2 fully saturated rings. The standard InChI is InChI=1S/C13H20NO7P/c1-3-20-22(19,21-4-2)6-7-5-13(14,12(17)18)10-8(7)9(10)11(15)16/h6,8-10H,3-5,14H2,1-2H3,(H,15,16)(H,17,18)/b7-6+/t8-,9-,10-,13-/m0/s1. The van der Waals surface area contributed by atoms with Crippen molar-refractivity contribution in [3.63, 3.8) is 0 Å². The first-order valence-corrected chi connectivity index (χ1v) is 8.67. The lowest BCUT2D eigenvalue weighted by atomic mass is 9.90. The Morgan fingerprint density at radius 2 is 1.91 bits per heavy atom. The molecule has 2 saturated carbocycles. The summed E-state index contributed by atoms with van der Waals surface area (Å²) >= 11 is 0. The minimum atomic E-state index is -3.53. The van der Waals surface area contributed by atoms with E-state index in [1.165, 1.54) is 5.82 Å². The number of carboxylic acid groups (broad SMARTS) is 2. The predicted octanol–water partition coefficient (Wildman–Crippen LogP) is 1.27. The molecule has 2 rings (SSSR count). The first-order chi connectivity index (χ1) is 10.2. The summed E-state index contributed by atoms with van der Waals surface area (Å²) < 4.78 is 22.8. The second kappa shape index (κ2) is 5.77. The van der Waals surface area contributed by atoms with E-state index in [9.17, 15) is 24.4 Å². The van der Waals surface area contributed by atoms with Crippen LogP contribution in [0.5, 0.6) is 0 Å². The number of fused-ring (bicyclic) bond motifs is 1. The van der Waals surface area contributed by atoms with Crippen molar-refractivity contribution >= 4 is 19.5 Å². The van der Waals surface area contributed by atoms with Crippen LogP contribution in [-0.4, -0.2) is 40.9 Å². The average molecular weight is 333 g/mol. The van der Waals surface area contributed by atoms with Crippen molar-refractivity contribution in [2.45, 2.75) is 25.8 Å². The van der Waals surface area contributed by atoms with Gasteiger partial charge in [-0.3, -0.25) is 14.2 Å². The van der Waals surface area contributed by atoms with Crippen molar-refractivity contribution in [1.82, 2.24) is 0 Å². The van der Waals surface area contributed by atoms with Crippen LogP contribution in [0.1, 0.15) is 20.3 Å². The second-order valence-electron chi connectivity index (χ2n) is 5.52. The first-order valence-electron chi connectivity index (χ1n) is 7.05. The first kappa shape index (κ1) is 17.1. The molecule has 0 aliphatic heterocycles. The molecule has 0 amide bonds. The van der Waals surface area contributed by atoms with Crippen molar-refractivity contribution in [3.8, 4) is 0 Å². The molecule has 0 bridgehead atoms. The Bertz CT molecular complexity index is 565. The second-order valence-corrected chi connectivity index (χ2v) is 7.37. The van der Waals surface area contributed by atoms with Gasteiger partial charge >= 0.3 is 19.5 Å². The maximum Gasteiger partial charge on any atom is 0.354 e. The zero-order valence-corrected chi connectivity index (χ0v) is 13.3. The van der Waals surface area contributed by atoms with Gasteiger partial charge in [0.05, 0.1) is 19.1 Å². The van der Waals surface area contributed by atoms with E-state index in [2.05, 4.69) is 0 Å². The van der Waals surface area contributed by atoms with E-state index in [0.717, 1.165) is 0 Å². The third-order valence-corrected chi connectivity index (χ3v) is 6.05. The van der Waals surface area contributed by atoms with Crippen LogP contribution < -0.4 is 5.73 Å². The Balaban J connectivity index is 2.36. The highest BCUT2D eigenvalue weighted by Crippen LogP contribution is 2.66. The largest absolute Gasteiger partial charge is 0.481 e. The minimum absolute atomic E-state index is 0.0500. The lowest BCUT2D eigenvalue weighted by molar-refractivity contribution is -0.145. The van der Waals surface area contributed by atoms with E-state index in [4.69, 9.17) is 14.8 Å². The molecule has 124 valence electrons. The molecule has 0 heterocycles. The molecule has 0 unspecified atom stereocenters. The molecule has 2 aliphatic rings. The Morgan fingerprint density at radius 1 is 1.36 bits per heavy atom. The summed E-state index contributed by atoms with van der Waals surface area (Å²) in [5.41, 5.74) is 4.68. The van der Waals surface area contributed by atoms with Crippen LogP contribution in [0.25, 0.3) is 0 Å². The zero-order valence-electron chi connectivity index (χ0n) is 12.4. The SMILES string of the molecule is CCOP(=O)(/C=C1\C[C@@](N)(C(=O)O)[C@@H]2[C@@H](C(=O)O)[C@H]12)OCC. The monoisotopic (exact) mass is 333 g/mol. The van der Waals surface area contributed by atoms with Crippen molar-refractivity contribution in [2.75, 3.05) is 13.2 Å². The Hall–Kier alpha value is -1.21. The van der Waals surface area contributed by atoms with Crippen LogP contribution in [0.2, 0.25) is 0 Å². The third kappa shape index (κ3) is 2.72. The molecule has 0 aromatic heterocycles. The number of hydrogen-bond acceptors (Lipinski definition) is 6. The van der Waals surface area contributed by atoms with Gasteiger partial charge in [0.15, 0.2) is 0 Å². The van der Waals surface area contributed by atoms with Gasteiger partial charge in [0.25, 0.3) is 0 Å².